The maximum absolute atomic E-state index is 12.8. The summed E-state index contributed by atoms with van der Waals surface area (Å²) in [7, 11) is 0. The van der Waals surface area contributed by atoms with E-state index in [1.165, 1.54) is 0 Å². The van der Waals surface area contributed by atoms with Gasteiger partial charge in [-0.25, -0.2) is 4.79 Å². The Morgan fingerprint density at radius 1 is 1.07 bits per heavy atom. The highest BCUT2D eigenvalue weighted by Gasteiger charge is 2.87. The molecule has 2 spiro atoms. The molecule has 0 aromatic heterocycles. The highest BCUT2D eigenvalue weighted by atomic mass is 32.2. The van der Waals surface area contributed by atoms with Gasteiger partial charge in [0.15, 0.2) is 4.87 Å². The van der Waals surface area contributed by atoms with Gasteiger partial charge < -0.3 is 39.0 Å². The normalized spacial score (nSPS) is 62.3. The second-order valence-electron chi connectivity index (χ2n) is 15.1. The Morgan fingerprint density at radius 3 is 2.64 bits per heavy atom. The number of ether oxygens (including phenoxy) is 5. The third-order valence-corrected chi connectivity index (χ3v) is 14.7. The lowest BCUT2D eigenvalue weighted by molar-refractivity contribution is -0.446. The van der Waals surface area contributed by atoms with Crippen LogP contribution in [0, 0.1) is 28.6 Å². The molecule has 3 N–H and O–H groups in total. The molecule has 5 aliphatic heterocycles. The highest BCUT2D eigenvalue weighted by molar-refractivity contribution is 8.01. The van der Waals surface area contributed by atoms with E-state index in [-0.39, 0.29) is 48.6 Å². The van der Waals surface area contributed by atoms with Gasteiger partial charge in [-0.15, -0.1) is 11.8 Å². The zero-order valence-corrected chi connectivity index (χ0v) is 25.2. The molecule has 11 heteroatoms. The van der Waals surface area contributed by atoms with Crippen LogP contribution in [0.4, 0.5) is 0 Å². The second kappa shape index (κ2) is 8.20. The lowest BCUT2D eigenvalue weighted by Gasteiger charge is -2.65. The van der Waals surface area contributed by atoms with E-state index in [0.29, 0.717) is 37.9 Å². The van der Waals surface area contributed by atoms with Crippen LogP contribution in [-0.2, 0) is 28.5 Å². The van der Waals surface area contributed by atoms with Gasteiger partial charge in [0.05, 0.1) is 30.5 Å². The molecule has 4 saturated carbocycles. The average molecular weight is 604 g/mol. The number of carbonyl (C=O) groups is 1. The van der Waals surface area contributed by atoms with Crippen molar-refractivity contribution in [3.63, 3.8) is 0 Å². The van der Waals surface area contributed by atoms with Gasteiger partial charge in [0.25, 0.3) is 5.79 Å². The van der Waals surface area contributed by atoms with Gasteiger partial charge in [-0.2, -0.15) is 0 Å². The Labute approximate surface area is 249 Å². The fraction of sp³-hybridized carbons (Fsp3) is 0.871. The van der Waals surface area contributed by atoms with E-state index in [1.54, 1.807) is 17.8 Å². The fourth-order valence-electron chi connectivity index (χ4n) is 11.6. The first kappa shape index (κ1) is 27.3. The molecule has 9 rings (SSSR count). The second-order valence-corrected chi connectivity index (χ2v) is 16.4. The Hall–Kier alpha value is -1.05. The minimum Gasteiger partial charge on any atom is -0.458 e. The molecule has 0 radical (unpaired) electrons. The SMILES string of the molecule is C[C@@H]1C[C@]2(N=CCS2)[C@]2(O)O[C@@H]3C[C@]4(C)[C@@H](C[C@@H]5O[C@]56[C@@H]4[C@H](O)C[C@]4(C)[C@@H](C5=CC(=O)OC5)CC[C@]64O)C[C@H]3O[C@@H]2O1. The van der Waals surface area contributed by atoms with Crippen LogP contribution in [0.15, 0.2) is 16.6 Å². The molecule has 5 heterocycles. The number of rotatable bonds is 1. The molecule has 7 fully saturated rings. The quantitative estimate of drug-likeness (QED) is 0.232. The Morgan fingerprint density at radius 2 is 1.90 bits per heavy atom. The van der Waals surface area contributed by atoms with Gasteiger partial charge in [-0.3, -0.25) is 4.99 Å². The van der Waals surface area contributed by atoms with Crippen molar-refractivity contribution < 1.29 is 43.8 Å². The summed E-state index contributed by atoms with van der Waals surface area (Å²) >= 11 is 1.58. The number of nitrogens with zero attached hydrogens (tertiary/aromatic N) is 1. The van der Waals surface area contributed by atoms with E-state index >= 15 is 0 Å². The van der Waals surface area contributed by atoms with Crippen LogP contribution in [0.25, 0.3) is 0 Å². The monoisotopic (exact) mass is 603 g/mol. The number of aliphatic hydroxyl groups is 3. The van der Waals surface area contributed by atoms with E-state index in [4.69, 9.17) is 28.7 Å². The first-order valence-corrected chi connectivity index (χ1v) is 16.7. The molecule has 0 unspecified atom stereocenters. The molecule has 4 aliphatic carbocycles. The van der Waals surface area contributed by atoms with Crippen molar-refractivity contribution in [2.75, 3.05) is 12.4 Å². The number of fused-ring (bicyclic) bond motifs is 6. The van der Waals surface area contributed by atoms with Crippen molar-refractivity contribution in [1.82, 2.24) is 0 Å². The van der Waals surface area contributed by atoms with Crippen LogP contribution < -0.4 is 0 Å². The number of epoxide rings is 1. The highest BCUT2D eigenvalue weighted by Crippen LogP contribution is 2.78. The smallest absolute Gasteiger partial charge is 0.331 e. The number of hydrogen-bond acceptors (Lipinski definition) is 11. The Bertz CT molecular complexity index is 1310. The van der Waals surface area contributed by atoms with Crippen molar-refractivity contribution in [2.24, 2.45) is 33.6 Å². The molecule has 42 heavy (non-hydrogen) atoms. The topological polar surface area (TPSA) is 140 Å². The van der Waals surface area contributed by atoms with Crippen LogP contribution in [-0.4, -0.2) is 98.5 Å². The first-order valence-electron chi connectivity index (χ1n) is 15.7. The van der Waals surface area contributed by atoms with Gasteiger partial charge in [-0.05, 0) is 68.3 Å². The maximum Gasteiger partial charge on any atom is 0.331 e. The molecule has 0 bridgehead atoms. The molecule has 0 amide bonds. The molecule has 230 valence electrons. The standard InChI is InChI=1S/C31H41NO9S/c1-15-11-29(32-6-7-42-29)31(36)25(38-15)39-20-9-17-10-22-30(41-22)24(26(17,2)13-21(20)40-31)19(33)12-27(3)18(4-5-28(27,30)35)16-8-23(34)37-14-16/h6,8,15,17-22,24-25,33,35-36H,4-5,7,9-14H2,1-3H3/t15-,17-,18-,19-,20-,21-,22+,24-,25+,26-,27-,28-,29-,30+,31-/m1/s1. The van der Waals surface area contributed by atoms with E-state index in [1.807, 2.05) is 13.1 Å². The summed E-state index contributed by atoms with van der Waals surface area (Å²) in [5, 5.41) is 37.0. The predicted octanol–water partition coefficient (Wildman–Crippen LogP) is 2.08. The largest absolute Gasteiger partial charge is 0.458 e. The van der Waals surface area contributed by atoms with E-state index < -0.39 is 51.2 Å². The van der Waals surface area contributed by atoms with Crippen molar-refractivity contribution >= 4 is 23.9 Å². The van der Waals surface area contributed by atoms with Crippen LogP contribution in [0.2, 0.25) is 0 Å². The number of thioether (sulfide) groups is 1. The number of aliphatic hydroxyl groups excluding tert-OH is 1. The molecule has 10 nitrogen and oxygen atoms in total. The lowest BCUT2D eigenvalue weighted by Crippen LogP contribution is -2.75. The molecule has 9 aliphatic rings. The van der Waals surface area contributed by atoms with Crippen LogP contribution >= 0.6 is 11.8 Å². The number of cyclic esters (lactones) is 1. The molecular formula is C31H41NO9S. The third kappa shape index (κ3) is 2.99. The summed E-state index contributed by atoms with van der Waals surface area (Å²) < 4.78 is 31.3. The van der Waals surface area contributed by atoms with Crippen LogP contribution in [0.1, 0.15) is 65.7 Å². The predicted molar refractivity (Wildman–Crippen MR) is 149 cm³/mol. The summed E-state index contributed by atoms with van der Waals surface area (Å²) in [6.07, 6.45) is 5.13. The van der Waals surface area contributed by atoms with E-state index in [9.17, 15) is 20.1 Å². The van der Waals surface area contributed by atoms with Crippen LogP contribution in [0.3, 0.4) is 0 Å². The van der Waals surface area contributed by atoms with Crippen LogP contribution in [0.5, 0.6) is 0 Å². The van der Waals surface area contributed by atoms with Gasteiger partial charge in [0, 0.05) is 35.8 Å². The summed E-state index contributed by atoms with van der Waals surface area (Å²) in [6.45, 7) is 6.54. The molecular weight excluding hydrogens is 562 g/mol. The minimum absolute atomic E-state index is 0.0550. The first-order chi connectivity index (χ1) is 19.9. The van der Waals surface area contributed by atoms with Crippen molar-refractivity contribution in [3.05, 3.63) is 11.6 Å². The Balaban J connectivity index is 1.06. The van der Waals surface area contributed by atoms with Gasteiger partial charge in [0.1, 0.15) is 17.8 Å². The van der Waals surface area contributed by atoms with Crippen molar-refractivity contribution in [2.45, 2.75) is 124 Å². The lowest BCUT2D eigenvalue weighted by atomic mass is 9.42. The molecule has 0 aromatic carbocycles. The molecule has 0 aromatic rings. The fourth-order valence-corrected chi connectivity index (χ4v) is 12.9. The molecule has 3 saturated heterocycles. The number of aliphatic imine (C=N–C) groups is 1. The Kier molecular flexibility index (Phi) is 5.33. The summed E-state index contributed by atoms with van der Waals surface area (Å²) in [5.41, 5.74) is -2.15. The van der Waals surface area contributed by atoms with Crippen molar-refractivity contribution in [3.8, 4) is 0 Å². The van der Waals surface area contributed by atoms with Gasteiger partial charge >= 0.3 is 5.97 Å². The third-order valence-electron chi connectivity index (χ3n) is 13.4. The van der Waals surface area contributed by atoms with Gasteiger partial charge in [0.2, 0.25) is 6.29 Å². The summed E-state index contributed by atoms with van der Waals surface area (Å²) in [5.74, 6) is -1.52. The molecule has 15 atom stereocenters. The maximum atomic E-state index is 12.8. The summed E-state index contributed by atoms with van der Waals surface area (Å²) in [6, 6.07) is 0. The number of hydrogen-bond donors (Lipinski definition) is 3. The number of esters is 1. The van der Waals surface area contributed by atoms with E-state index in [2.05, 4.69) is 13.8 Å². The minimum atomic E-state index is -1.72. The average Bonchev–Trinajstić information content (AvgIpc) is 3.18. The van der Waals surface area contributed by atoms with Gasteiger partial charge in [-0.1, -0.05) is 13.8 Å². The van der Waals surface area contributed by atoms with Crippen molar-refractivity contribution in [1.29, 1.82) is 0 Å². The number of carbonyl (C=O) groups excluding carboxylic acids is 1. The zero-order chi connectivity index (χ0) is 29.1. The van der Waals surface area contributed by atoms with E-state index in [0.717, 1.165) is 18.4 Å². The summed E-state index contributed by atoms with van der Waals surface area (Å²) in [4.78, 5) is 15.8. The zero-order valence-electron chi connectivity index (χ0n) is 24.4.